The highest BCUT2D eigenvalue weighted by Gasteiger charge is 2.43. The van der Waals surface area contributed by atoms with E-state index in [9.17, 15) is 22.4 Å². The zero-order chi connectivity index (χ0) is 22.1. The molecule has 1 atom stereocenters. The number of pyridine rings is 1. The van der Waals surface area contributed by atoms with Gasteiger partial charge in [0, 0.05) is 30.6 Å². The van der Waals surface area contributed by atoms with E-state index in [1.54, 1.807) is 18.2 Å². The molecule has 0 saturated heterocycles. The van der Waals surface area contributed by atoms with Gasteiger partial charge in [0.15, 0.2) is 14.6 Å². The molecule has 2 heterocycles. The number of hydrogen-bond acceptors (Lipinski definition) is 6. The Labute approximate surface area is 173 Å². The summed E-state index contributed by atoms with van der Waals surface area (Å²) in [5, 5.41) is 8.87. The normalized spacial score (nSPS) is 15.6. The predicted octanol–water partition coefficient (Wildman–Crippen LogP) is 1.68. The van der Waals surface area contributed by atoms with E-state index in [4.69, 9.17) is 9.94 Å². The molecule has 2 N–H and O–H groups in total. The molecular weight excluding hydrogens is 415 g/mol. The van der Waals surface area contributed by atoms with Crippen molar-refractivity contribution in [2.24, 2.45) is 0 Å². The number of aromatic nitrogens is 1. The fraction of sp³-hybridized carbons (Fsp3) is 0.400. The van der Waals surface area contributed by atoms with E-state index in [-0.39, 0.29) is 18.5 Å². The van der Waals surface area contributed by atoms with E-state index < -0.39 is 31.9 Å². The second-order valence-electron chi connectivity index (χ2n) is 7.54. The van der Waals surface area contributed by atoms with Gasteiger partial charge < -0.3 is 9.30 Å². The number of nitrogens with zero attached hydrogens (tertiary/aromatic N) is 1. The van der Waals surface area contributed by atoms with Crippen LogP contribution >= 0.6 is 0 Å². The first-order valence-corrected chi connectivity index (χ1v) is 11.3. The lowest BCUT2D eigenvalue weighted by Gasteiger charge is -2.25. The summed E-state index contributed by atoms with van der Waals surface area (Å²) < 4.78 is 43.5. The van der Waals surface area contributed by atoms with Crippen molar-refractivity contribution < 1.29 is 27.5 Å². The average molecular weight is 438 g/mol. The first kappa shape index (κ1) is 22.0. The lowest BCUT2D eigenvalue weighted by Crippen LogP contribution is -2.50. The minimum absolute atomic E-state index is 0.128. The van der Waals surface area contributed by atoms with Gasteiger partial charge in [-0.25, -0.2) is 18.3 Å². The Balaban J connectivity index is 1.90. The molecule has 10 heteroatoms. The number of carbonyl (C=O) groups excluding carboxylic acids is 1. The lowest BCUT2D eigenvalue weighted by atomic mass is 9.99. The first-order chi connectivity index (χ1) is 14.1. The number of rotatable bonds is 6. The van der Waals surface area contributed by atoms with Crippen molar-refractivity contribution in [3.63, 3.8) is 0 Å². The van der Waals surface area contributed by atoms with Crippen LogP contribution in [0.2, 0.25) is 0 Å². The van der Waals surface area contributed by atoms with Gasteiger partial charge in [-0.1, -0.05) is 6.07 Å². The van der Waals surface area contributed by atoms with Crippen LogP contribution in [0, 0.1) is 5.82 Å². The zero-order valence-corrected chi connectivity index (χ0v) is 17.5. The molecule has 0 spiro atoms. The van der Waals surface area contributed by atoms with Crippen molar-refractivity contribution in [2.45, 2.75) is 37.5 Å². The summed E-state index contributed by atoms with van der Waals surface area (Å²) in [5.41, 5.74) is 2.42. The Morgan fingerprint density at radius 3 is 2.77 bits per heavy atom. The standard InChI is InChI=1S/C20H23FN2O6S/c1-20(19(25)22-26,30(2,27)28)7-8-23-12-16(21)15(11-18(23)24)13-5-6-17-14(10-13)4-3-9-29-17/h5-6,10-12,26H,3-4,7-9H2,1-2H3,(H,22,25). The maximum Gasteiger partial charge on any atom is 0.264 e. The van der Waals surface area contributed by atoms with Gasteiger partial charge in [0.25, 0.3) is 11.5 Å². The van der Waals surface area contributed by atoms with Gasteiger partial charge in [-0.15, -0.1) is 0 Å². The van der Waals surface area contributed by atoms with E-state index in [0.29, 0.717) is 12.2 Å². The Morgan fingerprint density at radius 1 is 1.37 bits per heavy atom. The molecule has 0 bridgehead atoms. The van der Waals surface area contributed by atoms with Crippen LogP contribution in [0.4, 0.5) is 4.39 Å². The van der Waals surface area contributed by atoms with Crippen LogP contribution in [0.15, 0.2) is 35.3 Å². The molecule has 30 heavy (non-hydrogen) atoms. The first-order valence-electron chi connectivity index (χ1n) is 9.37. The third-order valence-electron chi connectivity index (χ3n) is 5.53. The van der Waals surface area contributed by atoms with Gasteiger partial charge in [0.2, 0.25) is 0 Å². The highest BCUT2D eigenvalue weighted by Crippen LogP contribution is 2.31. The summed E-state index contributed by atoms with van der Waals surface area (Å²) in [6.45, 7) is 1.54. The molecule has 1 aliphatic heterocycles. The molecular formula is C20H23FN2O6S. The van der Waals surface area contributed by atoms with Crippen LogP contribution in [0.1, 0.15) is 25.3 Å². The number of benzene rings is 1. The molecule has 0 saturated carbocycles. The van der Waals surface area contributed by atoms with Gasteiger partial charge in [0.1, 0.15) is 11.6 Å². The molecule has 8 nitrogen and oxygen atoms in total. The molecule has 162 valence electrons. The highest BCUT2D eigenvalue weighted by molar-refractivity contribution is 7.92. The summed E-state index contributed by atoms with van der Waals surface area (Å²) >= 11 is 0. The van der Waals surface area contributed by atoms with Gasteiger partial charge in [-0.3, -0.25) is 14.8 Å². The molecule has 0 fully saturated rings. The fourth-order valence-electron chi connectivity index (χ4n) is 3.39. The maximum atomic E-state index is 14.8. The van der Waals surface area contributed by atoms with Crippen molar-refractivity contribution in [3.8, 4) is 16.9 Å². The summed E-state index contributed by atoms with van der Waals surface area (Å²) in [6.07, 6.45) is 3.19. The topological polar surface area (TPSA) is 115 Å². The van der Waals surface area contributed by atoms with E-state index in [1.807, 2.05) is 0 Å². The van der Waals surface area contributed by atoms with Crippen molar-refractivity contribution in [3.05, 3.63) is 52.2 Å². The number of hydrogen-bond donors (Lipinski definition) is 2. The van der Waals surface area contributed by atoms with Crippen LogP contribution in [0.25, 0.3) is 11.1 Å². The van der Waals surface area contributed by atoms with Crippen LogP contribution < -0.4 is 15.8 Å². The number of carbonyl (C=O) groups is 1. The Hall–Kier alpha value is -2.72. The third kappa shape index (κ3) is 4.10. The maximum absolute atomic E-state index is 14.8. The lowest BCUT2D eigenvalue weighted by molar-refractivity contribution is -0.131. The van der Waals surface area contributed by atoms with E-state index in [2.05, 4.69) is 0 Å². The Morgan fingerprint density at radius 2 is 2.10 bits per heavy atom. The van der Waals surface area contributed by atoms with Crippen molar-refractivity contribution in [1.29, 1.82) is 0 Å². The number of hydroxylamine groups is 1. The number of fused-ring (bicyclic) bond motifs is 1. The monoisotopic (exact) mass is 438 g/mol. The third-order valence-corrected chi connectivity index (χ3v) is 7.55. The van der Waals surface area contributed by atoms with Gasteiger partial charge >= 0.3 is 0 Å². The summed E-state index contributed by atoms with van der Waals surface area (Å²) in [5.74, 6) is -1.02. The molecule has 1 aromatic heterocycles. The quantitative estimate of drug-likeness (QED) is 0.524. The summed E-state index contributed by atoms with van der Waals surface area (Å²) in [7, 11) is -3.92. The highest BCUT2D eigenvalue weighted by atomic mass is 32.2. The van der Waals surface area contributed by atoms with Crippen molar-refractivity contribution in [2.75, 3.05) is 12.9 Å². The fourth-order valence-corrected chi connectivity index (χ4v) is 4.23. The largest absolute Gasteiger partial charge is 0.493 e. The summed E-state index contributed by atoms with van der Waals surface area (Å²) in [6, 6.07) is 6.37. The number of amides is 1. The average Bonchev–Trinajstić information content (AvgIpc) is 2.71. The molecule has 1 amide bonds. The Kier molecular flexibility index (Phi) is 6.00. The van der Waals surface area contributed by atoms with E-state index in [0.717, 1.165) is 54.2 Å². The van der Waals surface area contributed by atoms with Crippen LogP contribution in [-0.4, -0.2) is 41.7 Å². The number of nitrogens with one attached hydrogen (secondary N) is 1. The number of ether oxygens (including phenoxy) is 1. The number of sulfone groups is 1. The zero-order valence-electron chi connectivity index (χ0n) is 16.6. The van der Waals surface area contributed by atoms with E-state index >= 15 is 0 Å². The number of halogens is 1. The van der Waals surface area contributed by atoms with Gasteiger partial charge in [-0.2, -0.15) is 0 Å². The van der Waals surface area contributed by atoms with Crippen LogP contribution in [0.3, 0.4) is 0 Å². The second kappa shape index (κ2) is 8.19. The van der Waals surface area contributed by atoms with Crippen molar-refractivity contribution in [1.82, 2.24) is 10.0 Å². The smallest absolute Gasteiger partial charge is 0.264 e. The minimum atomic E-state index is -3.92. The van der Waals surface area contributed by atoms with Gasteiger partial charge in [0.05, 0.1) is 6.61 Å². The molecule has 1 aromatic carbocycles. The molecule has 2 aromatic rings. The molecule has 0 radical (unpaired) electrons. The Bertz CT molecular complexity index is 1140. The van der Waals surface area contributed by atoms with E-state index in [1.165, 1.54) is 5.48 Å². The molecule has 3 rings (SSSR count). The van der Waals surface area contributed by atoms with Crippen LogP contribution in [0.5, 0.6) is 5.75 Å². The summed E-state index contributed by atoms with van der Waals surface area (Å²) in [4.78, 5) is 24.4. The SMILES string of the molecule is CC(CCn1cc(F)c(-c2ccc3c(c2)CCCO3)cc1=O)(C(=O)NO)S(C)(=O)=O. The number of aryl methyl sites for hydroxylation is 2. The predicted molar refractivity (Wildman–Crippen MR) is 108 cm³/mol. The molecule has 1 unspecified atom stereocenters. The molecule has 1 aliphatic rings. The van der Waals surface area contributed by atoms with Crippen LogP contribution in [-0.2, 0) is 27.6 Å². The van der Waals surface area contributed by atoms with Gasteiger partial charge in [-0.05, 0) is 49.4 Å². The second-order valence-corrected chi connectivity index (χ2v) is 9.98. The molecule has 0 aliphatic carbocycles. The van der Waals surface area contributed by atoms with Crippen molar-refractivity contribution >= 4 is 15.7 Å². The minimum Gasteiger partial charge on any atom is -0.493 e.